The molecule has 1 nitrogen and oxygen atoms in total. The highest BCUT2D eigenvalue weighted by Gasteiger charge is 2.17. The van der Waals surface area contributed by atoms with E-state index in [1.54, 1.807) is 0 Å². The quantitative estimate of drug-likeness (QED) is 0.553. The zero-order valence-corrected chi connectivity index (χ0v) is 13.7. The summed E-state index contributed by atoms with van der Waals surface area (Å²) in [5, 5.41) is 1.40. The number of benzene rings is 2. The van der Waals surface area contributed by atoms with Crippen molar-refractivity contribution >= 4 is 10.9 Å². The summed E-state index contributed by atoms with van der Waals surface area (Å²) in [5.41, 5.74) is 7.26. The molecule has 22 heavy (non-hydrogen) atoms. The lowest BCUT2D eigenvalue weighted by molar-refractivity contribution is 0.590. The average molecular weight is 289 g/mol. The van der Waals surface area contributed by atoms with E-state index in [2.05, 4.69) is 74.0 Å². The zero-order chi connectivity index (χ0) is 15.3. The molecule has 1 aliphatic rings. The number of aryl methyl sites for hydroxylation is 2. The lowest BCUT2D eigenvalue weighted by Crippen LogP contribution is -2.10. The predicted molar refractivity (Wildman–Crippen MR) is 94.4 cm³/mol. The lowest BCUT2D eigenvalue weighted by Gasteiger charge is -2.19. The van der Waals surface area contributed by atoms with E-state index in [0.717, 1.165) is 6.54 Å². The van der Waals surface area contributed by atoms with Gasteiger partial charge in [0.2, 0.25) is 0 Å². The van der Waals surface area contributed by atoms with Gasteiger partial charge in [0.1, 0.15) is 0 Å². The Morgan fingerprint density at radius 2 is 1.73 bits per heavy atom. The van der Waals surface area contributed by atoms with Gasteiger partial charge >= 0.3 is 0 Å². The minimum atomic E-state index is 0.211. The van der Waals surface area contributed by atoms with Crippen LogP contribution in [0.2, 0.25) is 0 Å². The molecule has 0 saturated heterocycles. The van der Waals surface area contributed by atoms with Gasteiger partial charge in [0, 0.05) is 23.7 Å². The standard InChI is InChI=1S/C21H23N/c1-21(2,3)17-11-9-15(10-12-17)19-14-22-13-5-7-16-6-4-8-18(19)20(16)22/h4,6,8-12,14H,5,7,13H2,1-3H3. The molecular weight excluding hydrogens is 266 g/mol. The first kappa shape index (κ1) is 13.6. The monoisotopic (exact) mass is 289 g/mol. The fraction of sp³-hybridized carbons (Fsp3) is 0.333. The molecule has 1 aliphatic heterocycles. The Bertz CT molecular complexity index is 829. The van der Waals surface area contributed by atoms with Crippen LogP contribution in [0.4, 0.5) is 0 Å². The molecular formula is C21H23N. The van der Waals surface area contributed by atoms with E-state index >= 15 is 0 Å². The van der Waals surface area contributed by atoms with Crippen molar-refractivity contribution in [2.75, 3.05) is 0 Å². The topological polar surface area (TPSA) is 4.93 Å². The maximum absolute atomic E-state index is 2.45. The highest BCUT2D eigenvalue weighted by atomic mass is 15.0. The summed E-state index contributed by atoms with van der Waals surface area (Å²) in [4.78, 5) is 0. The molecule has 0 atom stereocenters. The van der Waals surface area contributed by atoms with Crippen LogP contribution in [0.15, 0.2) is 48.7 Å². The fourth-order valence-electron chi connectivity index (χ4n) is 3.64. The zero-order valence-electron chi connectivity index (χ0n) is 13.7. The summed E-state index contributed by atoms with van der Waals surface area (Å²) in [6.07, 6.45) is 4.81. The molecule has 0 unspecified atom stereocenters. The van der Waals surface area contributed by atoms with Crippen molar-refractivity contribution in [3.05, 3.63) is 59.8 Å². The third-order valence-corrected chi connectivity index (χ3v) is 4.89. The van der Waals surface area contributed by atoms with E-state index in [-0.39, 0.29) is 5.41 Å². The summed E-state index contributed by atoms with van der Waals surface area (Å²) in [7, 11) is 0. The van der Waals surface area contributed by atoms with Gasteiger partial charge in [-0.2, -0.15) is 0 Å². The molecule has 0 saturated carbocycles. The molecule has 1 aromatic heterocycles. The van der Waals surface area contributed by atoms with Crippen molar-refractivity contribution in [1.29, 1.82) is 0 Å². The van der Waals surface area contributed by atoms with Crippen molar-refractivity contribution < 1.29 is 0 Å². The lowest BCUT2D eigenvalue weighted by atomic mass is 9.86. The van der Waals surface area contributed by atoms with E-state index in [1.165, 1.54) is 46.0 Å². The van der Waals surface area contributed by atoms with Crippen LogP contribution in [0.5, 0.6) is 0 Å². The van der Waals surface area contributed by atoms with Gasteiger partial charge in [-0.15, -0.1) is 0 Å². The number of aromatic nitrogens is 1. The first-order valence-electron chi connectivity index (χ1n) is 8.26. The molecule has 2 heterocycles. The number of hydrogen-bond acceptors (Lipinski definition) is 0. The SMILES string of the molecule is CC(C)(C)c1ccc(-c2cn3c4c(cccc24)CCC3)cc1. The Hall–Kier alpha value is -2.02. The second-order valence-electron chi connectivity index (χ2n) is 7.48. The smallest absolute Gasteiger partial charge is 0.0519 e. The van der Waals surface area contributed by atoms with Gasteiger partial charge in [-0.1, -0.05) is 63.2 Å². The Labute approximate surface area is 132 Å². The molecule has 3 aromatic rings. The summed E-state index contributed by atoms with van der Waals surface area (Å²) in [6.45, 7) is 7.95. The Morgan fingerprint density at radius 3 is 2.45 bits per heavy atom. The summed E-state index contributed by atoms with van der Waals surface area (Å²) >= 11 is 0. The van der Waals surface area contributed by atoms with E-state index in [1.807, 2.05) is 0 Å². The van der Waals surface area contributed by atoms with Crippen LogP contribution in [0, 0.1) is 0 Å². The molecule has 1 heteroatoms. The molecule has 0 amide bonds. The number of hydrogen-bond donors (Lipinski definition) is 0. The largest absolute Gasteiger partial charge is 0.347 e. The van der Waals surface area contributed by atoms with Gasteiger partial charge in [0.05, 0.1) is 5.52 Å². The van der Waals surface area contributed by atoms with Gasteiger partial charge < -0.3 is 4.57 Å². The van der Waals surface area contributed by atoms with Crippen LogP contribution in [0.25, 0.3) is 22.0 Å². The molecule has 0 aliphatic carbocycles. The van der Waals surface area contributed by atoms with Gasteiger partial charge in [-0.3, -0.25) is 0 Å². The molecule has 112 valence electrons. The second-order valence-corrected chi connectivity index (χ2v) is 7.48. The molecule has 0 bridgehead atoms. The van der Waals surface area contributed by atoms with Crippen LogP contribution in [0.3, 0.4) is 0 Å². The first-order valence-corrected chi connectivity index (χ1v) is 8.26. The van der Waals surface area contributed by atoms with E-state index in [4.69, 9.17) is 0 Å². The fourth-order valence-corrected chi connectivity index (χ4v) is 3.64. The molecule has 4 rings (SSSR count). The van der Waals surface area contributed by atoms with Crippen LogP contribution in [-0.2, 0) is 18.4 Å². The third-order valence-electron chi connectivity index (χ3n) is 4.89. The normalized spacial score (nSPS) is 14.5. The average Bonchev–Trinajstić information content (AvgIpc) is 2.88. The molecule has 0 radical (unpaired) electrons. The number of rotatable bonds is 1. The van der Waals surface area contributed by atoms with E-state index < -0.39 is 0 Å². The summed E-state index contributed by atoms with van der Waals surface area (Å²) in [5.74, 6) is 0. The van der Waals surface area contributed by atoms with E-state index in [0.29, 0.717) is 0 Å². The number of para-hydroxylation sites is 1. The van der Waals surface area contributed by atoms with Crippen LogP contribution >= 0.6 is 0 Å². The minimum Gasteiger partial charge on any atom is -0.347 e. The Kier molecular flexibility index (Phi) is 2.94. The van der Waals surface area contributed by atoms with Crippen LogP contribution in [0.1, 0.15) is 38.3 Å². The highest BCUT2D eigenvalue weighted by Crippen LogP contribution is 2.36. The van der Waals surface area contributed by atoms with Gasteiger partial charge in [-0.05, 0) is 34.9 Å². The molecule has 2 aromatic carbocycles. The van der Waals surface area contributed by atoms with Crippen LogP contribution < -0.4 is 0 Å². The first-order chi connectivity index (χ1) is 10.5. The summed E-state index contributed by atoms with van der Waals surface area (Å²) in [6, 6.07) is 15.9. The van der Waals surface area contributed by atoms with Crippen molar-refractivity contribution in [2.24, 2.45) is 0 Å². The van der Waals surface area contributed by atoms with Crippen molar-refractivity contribution in [2.45, 2.75) is 45.6 Å². The molecule has 0 spiro atoms. The van der Waals surface area contributed by atoms with E-state index in [9.17, 15) is 0 Å². The highest BCUT2D eigenvalue weighted by molar-refractivity contribution is 5.98. The molecule has 0 N–H and O–H groups in total. The predicted octanol–water partition coefficient (Wildman–Crippen LogP) is 5.55. The van der Waals surface area contributed by atoms with Gasteiger partial charge in [0.15, 0.2) is 0 Å². The van der Waals surface area contributed by atoms with Gasteiger partial charge in [0.25, 0.3) is 0 Å². The summed E-state index contributed by atoms with van der Waals surface area (Å²) < 4.78 is 2.45. The van der Waals surface area contributed by atoms with Crippen molar-refractivity contribution in [3.63, 3.8) is 0 Å². The Morgan fingerprint density at radius 1 is 0.955 bits per heavy atom. The molecule has 0 fully saturated rings. The second kappa shape index (κ2) is 4.74. The van der Waals surface area contributed by atoms with Gasteiger partial charge in [-0.25, -0.2) is 0 Å². The van der Waals surface area contributed by atoms with Crippen molar-refractivity contribution in [3.8, 4) is 11.1 Å². The number of nitrogens with zero attached hydrogens (tertiary/aromatic N) is 1. The minimum absolute atomic E-state index is 0.211. The Balaban J connectivity index is 1.87. The maximum atomic E-state index is 2.45. The third kappa shape index (κ3) is 2.08. The van der Waals surface area contributed by atoms with Crippen LogP contribution in [-0.4, -0.2) is 4.57 Å². The maximum Gasteiger partial charge on any atom is 0.0519 e. The van der Waals surface area contributed by atoms with Crippen molar-refractivity contribution in [1.82, 2.24) is 4.57 Å².